The number of thiazole rings is 1. The van der Waals surface area contributed by atoms with Crippen molar-refractivity contribution in [2.75, 3.05) is 11.9 Å². The number of carboxylic acid groups (broad SMARTS) is 1. The third-order valence-corrected chi connectivity index (χ3v) is 5.83. The average molecular weight is 294 g/mol. The molecule has 0 bridgehead atoms. The van der Waals surface area contributed by atoms with Gasteiger partial charge in [-0.3, -0.25) is 4.79 Å². The van der Waals surface area contributed by atoms with Crippen LogP contribution >= 0.6 is 11.3 Å². The Hall–Kier alpha value is -1.10. The first-order chi connectivity index (χ1) is 9.57. The number of anilines is 1. The van der Waals surface area contributed by atoms with E-state index in [-0.39, 0.29) is 5.92 Å². The number of hydrogen-bond acceptors (Lipinski definition) is 4. The quantitative estimate of drug-likeness (QED) is 0.890. The Morgan fingerprint density at radius 2 is 2.20 bits per heavy atom. The molecule has 2 aliphatic carbocycles. The minimum Gasteiger partial charge on any atom is -0.481 e. The second kappa shape index (κ2) is 5.35. The van der Waals surface area contributed by atoms with E-state index in [1.165, 1.54) is 32.1 Å². The smallest absolute Gasteiger partial charge is 0.312 e. The van der Waals surface area contributed by atoms with Crippen molar-refractivity contribution in [1.29, 1.82) is 0 Å². The van der Waals surface area contributed by atoms with Gasteiger partial charge in [-0.15, -0.1) is 11.3 Å². The van der Waals surface area contributed by atoms with Crippen LogP contribution in [0.25, 0.3) is 0 Å². The highest BCUT2D eigenvalue weighted by atomic mass is 32.1. The van der Waals surface area contributed by atoms with Crippen LogP contribution in [0.2, 0.25) is 0 Å². The fourth-order valence-corrected chi connectivity index (χ4v) is 4.45. The summed E-state index contributed by atoms with van der Waals surface area (Å²) in [4.78, 5) is 16.9. The summed E-state index contributed by atoms with van der Waals surface area (Å²) in [6.45, 7) is 3.30. The van der Waals surface area contributed by atoms with Gasteiger partial charge in [-0.25, -0.2) is 4.98 Å². The lowest BCUT2D eigenvalue weighted by Gasteiger charge is -2.33. The Balaban J connectivity index is 1.65. The van der Waals surface area contributed by atoms with E-state index < -0.39 is 5.97 Å². The van der Waals surface area contributed by atoms with Gasteiger partial charge in [0.15, 0.2) is 5.13 Å². The van der Waals surface area contributed by atoms with Crippen molar-refractivity contribution in [3.8, 4) is 0 Å². The van der Waals surface area contributed by atoms with Crippen molar-refractivity contribution in [1.82, 2.24) is 4.98 Å². The molecule has 5 heteroatoms. The largest absolute Gasteiger partial charge is 0.481 e. The molecule has 1 saturated carbocycles. The molecule has 1 aromatic rings. The molecule has 1 heterocycles. The number of aliphatic carboxylic acids is 1. The molecule has 3 rings (SSSR count). The van der Waals surface area contributed by atoms with Crippen LogP contribution in [0.1, 0.15) is 61.9 Å². The predicted molar refractivity (Wildman–Crippen MR) is 80.5 cm³/mol. The lowest BCUT2D eigenvalue weighted by atomic mass is 9.76. The van der Waals surface area contributed by atoms with Crippen LogP contribution in [-0.2, 0) is 11.2 Å². The maximum atomic E-state index is 11.2. The van der Waals surface area contributed by atoms with Gasteiger partial charge in [0.25, 0.3) is 0 Å². The van der Waals surface area contributed by atoms with Gasteiger partial charge in [0.2, 0.25) is 0 Å². The van der Waals surface area contributed by atoms with E-state index in [4.69, 9.17) is 0 Å². The molecule has 20 heavy (non-hydrogen) atoms. The van der Waals surface area contributed by atoms with Crippen molar-refractivity contribution < 1.29 is 9.90 Å². The summed E-state index contributed by atoms with van der Waals surface area (Å²) in [6, 6.07) is 0. The van der Waals surface area contributed by atoms with Crippen molar-refractivity contribution in [2.45, 2.75) is 57.8 Å². The Kier molecular flexibility index (Phi) is 3.71. The van der Waals surface area contributed by atoms with E-state index in [2.05, 4.69) is 17.2 Å². The van der Waals surface area contributed by atoms with Gasteiger partial charge in [0.05, 0.1) is 5.69 Å². The molecule has 1 fully saturated rings. The molecule has 0 amide bonds. The molecular weight excluding hydrogens is 272 g/mol. The number of nitrogens with one attached hydrogen (secondary N) is 1. The molecule has 2 N–H and O–H groups in total. The molecule has 1 unspecified atom stereocenters. The molecule has 0 aliphatic heterocycles. The molecule has 0 radical (unpaired) electrons. The number of aryl methyl sites for hydroxylation is 1. The second-order valence-electron chi connectivity index (χ2n) is 6.48. The normalized spacial score (nSPS) is 24.4. The molecule has 1 atom stereocenters. The van der Waals surface area contributed by atoms with E-state index in [9.17, 15) is 9.90 Å². The van der Waals surface area contributed by atoms with Gasteiger partial charge in [-0.05, 0) is 31.1 Å². The maximum absolute atomic E-state index is 11.2. The minimum atomic E-state index is -0.736. The lowest BCUT2D eigenvalue weighted by Crippen LogP contribution is -2.28. The summed E-state index contributed by atoms with van der Waals surface area (Å²) in [6.07, 6.45) is 8.15. The van der Waals surface area contributed by atoms with Crippen molar-refractivity contribution >= 4 is 22.4 Å². The van der Waals surface area contributed by atoms with Crippen molar-refractivity contribution in [3.05, 3.63) is 10.6 Å². The number of aromatic nitrogens is 1. The summed E-state index contributed by atoms with van der Waals surface area (Å²) < 4.78 is 0. The fraction of sp³-hybridized carbons (Fsp3) is 0.733. The summed E-state index contributed by atoms with van der Waals surface area (Å²) in [5, 5.41) is 13.6. The standard InChI is InChI=1S/C15H22N2O2S/c1-15(7-3-2-4-8-15)9-16-14-17-12-10(13(18)19)5-6-11(12)20-14/h10H,2-9H2,1H3,(H,16,17)(H,18,19). The fourth-order valence-electron chi connectivity index (χ4n) is 3.41. The van der Waals surface area contributed by atoms with Crippen LogP contribution in [0.15, 0.2) is 0 Å². The Bertz CT molecular complexity index is 506. The number of rotatable bonds is 4. The van der Waals surface area contributed by atoms with Gasteiger partial charge in [-0.2, -0.15) is 0 Å². The zero-order valence-corrected chi connectivity index (χ0v) is 12.8. The van der Waals surface area contributed by atoms with Crippen LogP contribution in [0.5, 0.6) is 0 Å². The Morgan fingerprint density at radius 3 is 2.90 bits per heavy atom. The summed E-state index contributed by atoms with van der Waals surface area (Å²) in [5.41, 5.74) is 1.18. The first-order valence-corrected chi connectivity index (χ1v) is 8.35. The summed E-state index contributed by atoms with van der Waals surface area (Å²) in [5.74, 6) is -1.12. The summed E-state index contributed by atoms with van der Waals surface area (Å²) >= 11 is 1.64. The van der Waals surface area contributed by atoms with Crippen LogP contribution in [0.4, 0.5) is 5.13 Å². The number of carboxylic acids is 1. The highest BCUT2D eigenvalue weighted by molar-refractivity contribution is 7.15. The van der Waals surface area contributed by atoms with Crippen LogP contribution in [0, 0.1) is 5.41 Å². The zero-order chi connectivity index (χ0) is 14.2. The van der Waals surface area contributed by atoms with E-state index in [0.717, 1.165) is 28.7 Å². The zero-order valence-electron chi connectivity index (χ0n) is 11.9. The molecule has 1 aromatic heterocycles. The molecule has 0 aromatic carbocycles. The van der Waals surface area contributed by atoms with E-state index in [1.54, 1.807) is 11.3 Å². The Morgan fingerprint density at radius 1 is 1.45 bits per heavy atom. The van der Waals surface area contributed by atoms with Crippen LogP contribution in [-0.4, -0.2) is 22.6 Å². The van der Waals surface area contributed by atoms with Crippen molar-refractivity contribution in [2.24, 2.45) is 5.41 Å². The molecule has 4 nitrogen and oxygen atoms in total. The number of fused-ring (bicyclic) bond motifs is 1. The van der Waals surface area contributed by atoms with E-state index in [0.29, 0.717) is 11.8 Å². The van der Waals surface area contributed by atoms with Crippen molar-refractivity contribution in [3.63, 3.8) is 0 Å². The van der Waals surface area contributed by atoms with E-state index in [1.807, 2.05) is 0 Å². The average Bonchev–Trinajstić information content (AvgIpc) is 2.96. The van der Waals surface area contributed by atoms with Crippen LogP contribution < -0.4 is 5.32 Å². The SMILES string of the molecule is CC1(CNc2nc3c(s2)CCC3C(=O)O)CCCCC1. The molecule has 0 spiro atoms. The number of nitrogens with zero attached hydrogens (tertiary/aromatic N) is 1. The van der Waals surface area contributed by atoms with Gasteiger partial charge in [0, 0.05) is 11.4 Å². The summed E-state index contributed by atoms with van der Waals surface area (Å²) in [7, 11) is 0. The maximum Gasteiger partial charge on any atom is 0.312 e. The highest BCUT2D eigenvalue weighted by Crippen LogP contribution is 2.40. The highest BCUT2D eigenvalue weighted by Gasteiger charge is 2.33. The molecular formula is C15H22N2O2S. The van der Waals surface area contributed by atoms with Crippen LogP contribution in [0.3, 0.4) is 0 Å². The first kappa shape index (κ1) is 13.9. The second-order valence-corrected chi connectivity index (χ2v) is 7.57. The molecule has 0 saturated heterocycles. The van der Waals surface area contributed by atoms with E-state index >= 15 is 0 Å². The minimum absolute atomic E-state index is 0.376. The third-order valence-electron chi connectivity index (χ3n) is 4.74. The lowest BCUT2D eigenvalue weighted by molar-refractivity contribution is -0.138. The third kappa shape index (κ3) is 2.68. The topological polar surface area (TPSA) is 62.2 Å². The Labute approximate surface area is 123 Å². The van der Waals surface area contributed by atoms with Gasteiger partial charge in [0.1, 0.15) is 5.92 Å². The van der Waals surface area contributed by atoms with Gasteiger partial charge >= 0.3 is 5.97 Å². The predicted octanol–water partition coefficient (Wildman–Crippen LogP) is 3.64. The van der Waals surface area contributed by atoms with Gasteiger partial charge in [-0.1, -0.05) is 26.2 Å². The molecule has 2 aliphatic rings. The first-order valence-electron chi connectivity index (χ1n) is 7.54. The van der Waals surface area contributed by atoms with Gasteiger partial charge < -0.3 is 10.4 Å². The molecule has 110 valence electrons. The number of hydrogen-bond donors (Lipinski definition) is 2. The monoisotopic (exact) mass is 294 g/mol. The number of carbonyl (C=O) groups is 1.